The summed E-state index contributed by atoms with van der Waals surface area (Å²) >= 11 is 0. The highest BCUT2D eigenvalue weighted by molar-refractivity contribution is 5.43. The van der Waals surface area contributed by atoms with Crippen LogP contribution in [0.5, 0.6) is 0 Å². The molecule has 4 N–H and O–H groups in total. The molecule has 0 aromatic carbocycles. The van der Waals surface area contributed by atoms with E-state index in [0.717, 1.165) is 0 Å². The second-order valence-corrected chi connectivity index (χ2v) is 3.61. The van der Waals surface area contributed by atoms with Crippen molar-refractivity contribution in [2.24, 2.45) is 0 Å². The van der Waals surface area contributed by atoms with Crippen LogP contribution < -0.4 is 10.6 Å². The predicted molar refractivity (Wildman–Crippen MR) is 62.4 cm³/mol. The molecule has 1 heterocycles. The summed E-state index contributed by atoms with van der Waals surface area (Å²) in [5.74, 6) is 1.16. The lowest BCUT2D eigenvalue weighted by Crippen LogP contribution is -2.45. The van der Waals surface area contributed by atoms with E-state index in [0.29, 0.717) is 18.1 Å². The van der Waals surface area contributed by atoms with Gasteiger partial charge in [-0.05, 0) is 6.42 Å². The molecule has 1 aromatic heterocycles. The van der Waals surface area contributed by atoms with Gasteiger partial charge in [0, 0.05) is 7.05 Å². The normalized spacial score (nSPS) is 11.2. The zero-order valence-corrected chi connectivity index (χ0v) is 9.56. The van der Waals surface area contributed by atoms with Gasteiger partial charge in [-0.2, -0.15) is 0 Å². The number of hydrogen-bond acceptors (Lipinski definition) is 6. The first-order valence-corrected chi connectivity index (χ1v) is 5.19. The monoisotopic (exact) mass is 226 g/mol. The molecule has 1 rings (SSSR count). The van der Waals surface area contributed by atoms with Gasteiger partial charge in [-0.25, -0.2) is 4.98 Å². The molecule has 6 nitrogen and oxygen atoms in total. The fourth-order valence-corrected chi connectivity index (χ4v) is 1.26. The Balaban J connectivity index is 2.84. The van der Waals surface area contributed by atoms with Crippen LogP contribution in [0.15, 0.2) is 12.4 Å². The van der Waals surface area contributed by atoms with E-state index in [4.69, 9.17) is 0 Å². The smallest absolute Gasteiger partial charge is 0.147 e. The van der Waals surface area contributed by atoms with Gasteiger partial charge in [-0.15, -0.1) is 0 Å². The first-order chi connectivity index (χ1) is 7.69. The van der Waals surface area contributed by atoms with Crippen molar-refractivity contribution < 1.29 is 10.2 Å². The van der Waals surface area contributed by atoms with Gasteiger partial charge in [0.15, 0.2) is 0 Å². The first-order valence-electron chi connectivity index (χ1n) is 5.19. The fraction of sp³-hybridized carbons (Fsp3) is 0.600. The summed E-state index contributed by atoms with van der Waals surface area (Å²) in [7, 11) is 1.75. The van der Waals surface area contributed by atoms with Crippen LogP contribution in [-0.4, -0.2) is 46.0 Å². The molecular formula is C10H18N4O2. The number of nitrogens with one attached hydrogen (secondary N) is 2. The van der Waals surface area contributed by atoms with Crippen LogP contribution in [-0.2, 0) is 0 Å². The maximum absolute atomic E-state index is 9.28. The van der Waals surface area contributed by atoms with Gasteiger partial charge in [0.2, 0.25) is 0 Å². The number of hydrogen-bond donors (Lipinski definition) is 4. The number of aliphatic hydroxyl groups is 2. The van der Waals surface area contributed by atoms with Crippen molar-refractivity contribution in [2.75, 3.05) is 30.9 Å². The molecule has 0 saturated carbocycles. The SMILES string of the molecule is CCC(CO)(CO)Nc1cncc(NC)n1. The maximum atomic E-state index is 9.28. The van der Waals surface area contributed by atoms with E-state index >= 15 is 0 Å². The number of aliphatic hydroxyl groups excluding tert-OH is 2. The third kappa shape index (κ3) is 2.80. The first kappa shape index (κ1) is 12.7. The number of nitrogens with zero attached hydrogens (tertiary/aromatic N) is 2. The summed E-state index contributed by atoms with van der Waals surface area (Å²) < 4.78 is 0. The summed E-state index contributed by atoms with van der Waals surface area (Å²) in [4.78, 5) is 8.20. The lowest BCUT2D eigenvalue weighted by atomic mass is 9.99. The van der Waals surface area contributed by atoms with Crippen LogP contribution in [0.1, 0.15) is 13.3 Å². The van der Waals surface area contributed by atoms with Crippen molar-refractivity contribution in [1.29, 1.82) is 0 Å². The van der Waals surface area contributed by atoms with Gasteiger partial charge in [-0.1, -0.05) is 6.92 Å². The van der Waals surface area contributed by atoms with E-state index in [9.17, 15) is 10.2 Å². The van der Waals surface area contributed by atoms with E-state index in [2.05, 4.69) is 20.6 Å². The molecule has 0 fully saturated rings. The topological polar surface area (TPSA) is 90.3 Å². The van der Waals surface area contributed by atoms with Crippen LogP contribution >= 0.6 is 0 Å². The maximum Gasteiger partial charge on any atom is 0.147 e. The lowest BCUT2D eigenvalue weighted by Gasteiger charge is -2.30. The number of rotatable bonds is 6. The summed E-state index contributed by atoms with van der Waals surface area (Å²) in [5, 5.41) is 24.4. The Morgan fingerprint density at radius 3 is 2.38 bits per heavy atom. The van der Waals surface area contributed by atoms with E-state index in [1.807, 2.05) is 6.92 Å². The number of aromatic nitrogens is 2. The van der Waals surface area contributed by atoms with Crippen molar-refractivity contribution >= 4 is 11.6 Å². The molecule has 6 heteroatoms. The summed E-state index contributed by atoms with van der Waals surface area (Å²) in [5.41, 5.74) is -0.749. The third-order valence-corrected chi connectivity index (χ3v) is 2.57. The molecule has 90 valence electrons. The molecule has 16 heavy (non-hydrogen) atoms. The van der Waals surface area contributed by atoms with Crippen LogP contribution in [0, 0.1) is 0 Å². The van der Waals surface area contributed by atoms with Crippen LogP contribution in [0.25, 0.3) is 0 Å². The number of anilines is 2. The zero-order valence-electron chi connectivity index (χ0n) is 9.56. The summed E-state index contributed by atoms with van der Waals surface area (Å²) in [6.45, 7) is 1.56. The Kier molecular flexibility index (Phi) is 4.45. The molecule has 0 spiro atoms. The minimum Gasteiger partial charge on any atom is -0.394 e. The molecule has 0 saturated heterocycles. The standard InChI is InChI=1S/C10H18N4O2/c1-3-10(6-15,7-16)14-9-5-12-4-8(11-2)13-9/h4-5,15-16H,3,6-7H2,1-2H3,(H2,11,13,14). The second kappa shape index (κ2) is 5.62. The van der Waals surface area contributed by atoms with E-state index in [1.165, 1.54) is 0 Å². The van der Waals surface area contributed by atoms with Crippen LogP contribution in [0.4, 0.5) is 11.6 Å². The summed E-state index contributed by atoms with van der Waals surface area (Å²) in [6, 6.07) is 0. The van der Waals surface area contributed by atoms with Crippen molar-refractivity contribution in [3.63, 3.8) is 0 Å². The van der Waals surface area contributed by atoms with Crippen LogP contribution in [0.3, 0.4) is 0 Å². The molecule has 0 aliphatic rings. The highest BCUT2D eigenvalue weighted by Crippen LogP contribution is 2.16. The Labute approximate surface area is 94.7 Å². The highest BCUT2D eigenvalue weighted by Gasteiger charge is 2.26. The van der Waals surface area contributed by atoms with Gasteiger partial charge in [-0.3, -0.25) is 4.98 Å². The minimum atomic E-state index is -0.749. The molecule has 0 radical (unpaired) electrons. The molecular weight excluding hydrogens is 208 g/mol. The van der Waals surface area contributed by atoms with Crippen molar-refractivity contribution in [1.82, 2.24) is 9.97 Å². The Morgan fingerprint density at radius 1 is 1.25 bits per heavy atom. The molecule has 0 amide bonds. The molecule has 0 aliphatic heterocycles. The average molecular weight is 226 g/mol. The average Bonchev–Trinajstić information content (AvgIpc) is 2.36. The van der Waals surface area contributed by atoms with Gasteiger partial charge < -0.3 is 20.8 Å². The molecule has 1 aromatic rings. The second-order valence-electron chi connectivity index (χ2n) is 3.61. The van der Waals surface area contributed by atoms with Gasteiger partial charge in [0.05, 0.1) is 31.1 Å². The van der Waals surface area contributed by atoms with Gasteiger partial charge >= 0.3 is 0 Å². The van der Waals surface area contributed by atoms with Crippen molar-refractivity contribution in [3.05, 3.63) is 12.4 Å². The van der Waals surface area contributed by atoms with Crippen molar-refractivity contribution in [3.8, 4) is 0 Å². The lowest BCUT2D eigenvalue weighted by molar-refractivity contribution is 0.132. The van der Waals surface area contributed by atoms with Crippen LogP contribution in [0.2, 0.25) is 0 Å². The summed E-state index contributed by atoms with van der Waals surface area (Å²) in [6.07, 6.45) is 3.73. The Morgan fingerprint density at radius 2 is 1.88 bits per heavy atom. The van der Waals surface area contributed by atoms with E-state index in [1.54, 1.807) is 19.4 Å². The van der Waals surface area contributed by atoms with E-state index in [-0.39, 0.29) is 13.2 Å². The predicted octanol–water partition coefficient (Wildman–Crippen LogP) is 0.0636. The quantitative estimate of drug-likeness (QED) is 0.548. The van der Waals surface area contributed by atoms with Crippen molar-refractivity contribution in [2.45, 2.75) is 18.9 Å². The zero-order chi connectivity index (χ0) is 12.0. The Hall–Kier alpha value is -1.40. The molecule has 0 atom stereocenters. The fourth-order valence-electron chi connectivity index (χ4n) is 1.26. The third-order valence-electron chi connectivity index (χ3n) is 2.57. The highest BCUT2D eigenvalue weighted by atomic mass is 16.3. The molecule has 0 unspecified atom stereocenters. The molecule has 0 aliphatic carbocycles. The van der Waals surface area contributed by atoms with E-state index < -0.39 is 5.54 Å². The van der Waals surface area contributed by atoms with Gasteiger partial charge in [0.25, 0.3) is 0 Å². The minimum absolute atomic E-state index is 0.161. The van der Waals surface area contributed by atoms with Gasteiger partial charge in [0.1, 0.15) is 11.6 Å². The Bertz CT molecular complexity index is 320. The molecule has 0 bridgehead atoms. The largest absolute Gasteiger partial charge is 0.394 e.